The smallest absolute Gasteiger partial charge is 0.238 e. The van der Waals surface area contributed by atoms with Gasteiger partial charge in [-0.25, -0.2) is 0 Å². The molecule has 0 atom stereocenters. The van der Waals surface area contributed by atoms with Crippen LogP contribution in [0, 0.1) is 34.0 Å². The minimum atomic E-state index is -0.310. The number of allylic oxidation sites excluding steroid dienone is 2. The molecule has 24 heavy (non-hydrogen) atoms. The van der Waals surface area contributed by atoms with Crippen LogP contribution in [-0.2, 0) is 4.79 Å². The second-order valence-electron chi connectivity index (χ2n) is 5.29. The molecule has 1 aromatic rings. The molecule has 0 aromatic heterocycles. The first-order valence-electron chi connectivity index (χ1n) is 7.50. The number of nitrogens with one attached hydrogen (secondary N) is 2. The Morgan fingerprint density at radius 1 is 1.00 bits per heavy atom. The third-order valence-corrected chi connectivity index (χ3v) is 3.61. The number of hydrogen-bond donors (Lipinski definition) is 2. The lowest BCUT2D eigenvalue weighted by molar-refractivity contribution is -0.117. The van der Waals surface area contributed by atoms with Crippen molar-refractivity contribution in [2.24, 2.45) is 0 Å². The highest BCUT2D eigenvalue weighted by atomic mass is 16.2. The summed E-state index contributed by atoms with van der Waals surface area (Å²) in [6.07, 6.45) is 2.21. The number of nitriles is 3. The molecule has 0 radical (unpaired) electrons. The van der Waals surface area contributed by atoms with E-state index < -0.39 is 0 Å². The second kappa shape index (κ2) is 8.33. The minimum Gasteiger partial charge on any atom is -0.343 e. The highest BCUT2D eigenvalue weighted by Crippen LogP contribution is 2.23. The molecule has 0 bridgehead atoms. The Morgan fingerprint density at radius 2 is 1.58 bits per heavy atom. The van der Waals surface area contributed by atoms with Gasteiger partial charge in [-0.2, -0.15) is 15.8 Å². The Balaban J connectivity index is 2.14. The van der Waals surface area contributed by atoms with E-state index in [4.69, 9.17) is 15.8 Å². The summed E-state index contributed by atoms with van der Waals surface area (Å²) in [4.78, 5) is 14.2. The molecule has 1 fully saturated rings. The Kier molecular flexibility index (Phi) is 5.91. The van der Waals surface area contributed by atoms with Gasteiger partial charge in [0.25, 0.3) is 0 Å². The zero-order chi connectivity index (χ0) is 17.4. The second-order valence-corrected chi connectivity index (χ2v) is 5.29. The summed E-state index contributed by atoms with van der Waals surface area (Å²) >= 11 is 0. The van der Waals surface area contributed by atoms with E-state index in [0.717, 1.165) is 25.9 Å². The van der Waals surface area contributed by atoms with Crippen molar-refractivity contribution >= 4 is 17.3 Å². The molecule has 1 aliphatic rings. The quantitative estimate of drug-likeness (QED) is 0.801. The molecule has 0 saturated carbocycles. The number of likely N-dealkylation sites (tertiary alicyclic amines) is 1. The van der Waals surface area contributed by atoms with Crippen molar-refractivity contribution in [1.29, 1.82) is 15.8 Å². The predicted octanol–water partition coefficient (Wildman–Crippen LogP) is 1.96. The molecular weight excluding hydrogens is 304 g/mol. The lowest BCUT2D eigenvalue weighted by Crippen LogP contribution is -2.31. The van der Waals surface area contributed by atoms with Crippen LogP contribution in [0.25, 0.3) is 0 Å². The van der Waals surface area contributed by atoms with E-state index in [1.165, 1.54) is 0 Å². The van der Waals surface area contributed by atoms with Gasteiger partial charge in [-0.1, -0.05) is 12.1 Å². The van der Waals surface area contributed by atoms with E-state index in [0.29, 0.717) is 17.9 Å². The van der Waals surface area contributed by atoms with Crippen LogP contribution in [-0.4, -0.2) is 30.4 Å². The van der Waals surface area contributed by atoms with Crippen LogP contribution < -0.4 is 10.6 Å². The van der Waals surface area contributed by atoms with Gasteiger partial charge < -0.3 is 10.6 Å². The molecular formula is C17H16N6O. The summed E-state index contributed by atoms with van der Waals surface area (Å²) in [5.74, 6) is -0.144. The van der Waals surface area contributed by atoms with E-state index in [1.807, 2.05) is 0 Å². The molecule has 1 saturated heterocycles. The summed E-state index contributed by atoms with van der Waals surface area (Å²) in [7, 11) is 0. The molecule has 2 rings (SSSR count). The van der Waals surface area contributed by atoms with E-state index >= 15 is 0 Å². The van der Waals surface area contributed by atoms with Gasteiger partial charge in [0.1, 0.15) is 23.9 Å². The van der Waals surface area contributed by atoms with Gasteiger partial charge in [-0.05, 0) is 38.1 Å². The van der Waals surface area contributed by atoms with Crippen molar-refractivity contribution in [3.05, 3.63) is 35.5 Å². The average Bonchev–Trinajstić information content (AvgIpc) is 3.09. The number of amides is 1. The highest BCUT2D eigenvalue weighted by Gasteiger charge is 2.16. The molecule has 120 valence electrons. The van der Waals surface area contributed by atoms with Gasteiger partial charge in [-0.15, -0.1) is 0 Å². The Morgan fingerprint density at radius 3 is 2.12 bits per heavy atom. The number of carbonyl (C=O) groups is 1. The summed E-state index contributed by atoms with van der Waals surface area (Å²) in [6.45, 7) is 2.15. The molecule has 0 spiro atoms. The van der Waals surface area contributed by atoms with Crippen LogP contribution >= 0.6 is 0 Å². The van der Waals surface area contributed by atoms with Gasteiger partial charge >= 0.3 is 0 Å². The van der Waals surface area contributed by atoms with Crippen molar-refractivity contribution in [2.75, 3.05) is 30.3 Å². The minimum absolute atomic E-state index is 0.144. The number of benzene rings is 1. The lowest BCUT2D eigenvalue weighted by Gasteiger charge is -2.16. The van der Waals surface area contributed by atoms with E-state index in [1.54, 1.807) is 42.5 Å². The summed E-state index contributed by atoms with van der Waals surface area (Å²) in [5, 5.41) is 32.4. The molecule has 1 aliphatic heterocycles. The van der Waals surface area contributed by atoms with Crippen LogP contribution in [0.3, 0.4) is 0 Å². The molecule has 0 unspecified atom stereocenters. The van der Waals surface area contributed by atoms with Gasteiger partial charge in [0.05, 0.1) is 17.9 Å². The van der Waals surface area contributed by atoms with Crippen LogP contribution in [0.15, 0.2) is 35.5 Å². The number of hydrogen-bond acceptors (Lipinski definition) is 6. The fourth-order valence-electron chi connectivity index (χ4n) is 2.45. The summed E-state index contributed by atoms with van der Waals surface area (Å²) < 4.78 is 0. The van der Waals surface area contributed by atoms with E-state index in [2.05, 4.69) is 15.5 Å². The number of anilines is 2. The topological polar surface area (TPSA) is 116 Å². The molecule has 2 N–H and O–H groups in total. The predicted molar refractivity (Wildman–Crippen MR) is 88.2 cm³/mol. The molecule has 1 amide bonds. The largest absolute Gasteiger partial charge is 0.343 e. The Hall–Kier alpha value is -3.34. The normalized spacial score (nSPS) is 13.2. The monoisotopic (exact) mass is 320 g/mol. The SMILES string of the molecule is N#CC(C#N)=C(C#N)Nc1ccccc1NC(=O)CN1CCCC1. The van der Waals surface area contributed by atoms with Crippen molar-refractivity contribution in [2.45, 2.75) is 12.8 Å². The van der Waals surface area contributed by atoms with Crippen molar-refractivity contribution in [1.82, 2.24) is 4.90 Å². The van der Waals surface area contributed by atoms with Crippen molar-refractivity contribution in [3.8, 4) is 18.2 Å². The van der Waals surface area contributed by atoms with Crippen LogP contribution in [0.1, 0.15) is 12.8 Å². The first-order chi connectivity index (χ1) is 11.7. The average molecular weight is 320 g/mol. The Labute approximate surface area is 140 Å². The first-order valence-corrected chi connectivity index (χ1v) is 7.50. The fourth-order valence-corrected chi connectivity index (χ4v) is 2.45. The number of nitrogens with zero attached hydrogens (tertiary/aromatic N) is 4. The van der Waals surface area contributed by atoms with Crippen molar-refractivity contribution in [3.63, 3.8) is 0 Å². The molecule has 7 nitrogen and oxygen atoms in total. The highest BCUT2D eigenvalue weighted by molar-refractivity contribution is 5.95. The van der Waals surface area contributed by atoms with Gasteiger partial charge in [0, 0.05) is 0 Å². The summed E-state index contributed by atoms with van der Waals surface area (Å²) in [5.41, 5.74) is 0.480. The van der Waals surface area contributed by atoms with Gasteiger partial charge in [-0.3, -0.25) is 9.69 Å². The zero-order valence-corrected chi connectivity index (χ0v) is 13.0. The number of para-hydroxylation sites is 2. The van der Waals surface area contributed by atoms with Gasteiger partial charge in [0.2, 0.25) is 5.91 Å². The molecule has 1 aromatic carbocycles. The lowest BCUT2D eigenvalue weighted by atomic mass is 10.2. The number of rotatable bonds is 5. The zero-order valence-electron chi connectivity index (χ0n) is 13.0. The maximum Gasteiger partial charge on any atom is 0.238 e. The van der Waals surface area contributed by atoms with E-state index in [9.17, 15) is 4.79 Å². The molecule has 0 aliphatic carbocycles. The maximum atomic E-state index is 12.2. The third-order valence-electron chi connectivity index (χ3n) is 3.61. The van der Waals surface area contributed by atoms with Gasteiger partial charge in [0.15, 0.2) is 5.57 Å². The molecule has 7 heteroatoms. The van der Waals surface area contributed by atoms with Crippen molar-refractivity contribution < 1.29 is 4.79 Å². The maximum absolute atomic E-state index is 12.2. The van der Waals surface area contributed by atoms with E-state index in [-0.39, 0.29) is 17.2 Å². The van der Waals surface area contributed by atoms with Crippen LogP contribution in [0.2, 0.25) is 0 Å². The number of carbonyl (C=O) groups excluding carboxylic acids is 1. The first kappa shape index (κ1) is 17.0. The van der Waals surface area contributed by atoms with Crippen LogP contribution in [0.5, 0.6) is 0 Å². The fraction of sp³-hybridized carbons (Fsp3) is 0.294. The molecule has 1 heterocycles. The Bertz CT molecular complexity index is 755. The van der Waals surface area contributed by atoms with Crippen LogP contribution in [0.4, 0.5) is 11.4 Å². The third kappa shape index (κ3) is 4.33. The summed E-state index contributed by atoms with van der Waals surface area (Å²) in [6, 6.07) is 12.0. The standard InChI is InChI=1S/C17H16N6O/c18-9-13(10-19)16(11-20)21-14-5-1-2-6-15(14)22-17(24)12-23-7-3-4-8-23/h1-2,5-6,21H,3-4,7-8,12H2,(H,22,24).